The van der Waals surface area contributed by atoms with Crippen LogP contribution in [0.1, 0.15) is 17.5 Å². The topological polar surface area (TPSA) is 99.1 Å². The first-order chi connectivity index (χ1) is 13.3. The molecule has 148 valence electrons. The number of halogens is 1. The Hall–Kier alpha value is -2.81. The smallest absolute Gasteiger partial charge is 0.282 e. The maximum absolute atomic E-state index is 12.6. The lowest BCUT2D eigenvalue weighted by atomic mass is 10.1. The van der Waals surface area contributed by atoms with Crippen LogP contribution >= 0.6 is 11.6 Å². The Balaban J connectivity index is 1.94. The molecule has 0 aliphatic carbocycles. The van der Waals surface area contributed by atoms with Gasteiger partial charge in [0.25, 0.3) is 0 Å². The molecule has 1 aliphatic rings. The zero-order valence-electron chi connectivity index (χ0n) is 15.8. The molecule has 3 rings (SSSR count). The number of carbonyl (C=O) groups excluding carboxylic acids is 2. The molecule has 2 aromatic rings. The zero-order valence-corrected chi connectivity index (χ0v) is 16.6. The van der Waals surface area contributed by atoms with Crippen LogP contribution in [-0.2, 0) is 11.3 Å². The molecule has 0 atom stereocenters. The molecule has 28 heavy (non-hydrogen) atoms. The van der Waals surface area contributed by atoms with Gasteiger partial charge in [0.05, 0.1) is 17.9 Å². The van der Waals surface area contributed by atoms with Gasteiger partial charge in [-0.1, -0.05) is 23.7 Å². The summed E-state index contributed by atoms with van der Waals surface area (Å²) >= 11 is 5.98. The number of hydrazine groups is 3. The first-order valence-corrected chi connectivity index (χ1v) is 9.16. The number of hydrogen-bond acceptors (Lipinski definition) is 5. The van der Waals surface area contributed by atoms with E-state index < -0.39 is 6.03 Å². The van der Waals surface area contributed by atoms with Crippen molar-refractivity contribution in [1.29, 1.82) is 0 Å². The Labute approximate surface area is 168 Å². The van der Waals surface area contributed by atoms with Crippen molar-refractivity contribution in [2.24, 2.45) is 11.7 Å². The predicted octanol–water partition coefficient (Wildman–Crippen LogP) is 2.41. The van der Waals surface area contributed by atoms with Crippen molar-refractivity contribution in [3.05, 3.63) is 58.6 Å². The molecule has 4 N–H and O–H groups in total. The SMILES string of the molecule is Cc1cccc(N(N)C(=O)N(C)N)c1CN1C(=O)CCN1c1ccc(Cl)cc1. The van der Waals surface area contributed by atoms with Crippen molar-refractivity contribution in [3.63, 3.8) is 0 Å². The van der Waals surface area contributed by atoms with Crippen molar-refractivity contribution < 1.29 is 9.59 Å². The summed E-state index contributed by atoms with van der Waals surface area (Å²) in [6, 6.07) is 12.2. The minimum atomic E-state index is -0.561. The lowest BCUT2D eigenvalue weighted by Crippen LogP contribution is -2.49. The summed E-state index contributed by atoms with van der Waals surface area (Å²) in [4.78, 5) is 24.8. The lowest BCUT2D eigenvalue weighted by Gasteiger charge is -2.32. The van der Waals surface area contributed by atoms with Gasteiger partial charge in [-0.2, -0.15) is 0 Å². The predicted molar refractivity (Wildman–Crippen MR) is 109 cm³/mol. The van der Waals surface area contributed by atoms with Gasteiger partial charge in [0.2, 0.25) is 5.91 Å². The zero-order chi connectivity index (χ0) is 20.4. The summed E-state index contributed by atoms with van der Waals surface area (Å²) < 4.78 is 0. The van der Waals surface area contributed by atoms with Gasteiger partial charge in [-0.05, 0) is 42.8 Å². The third-order valence-corrected chi connectivity index (χ3v) is 4.95. The van der Waals surface area contributed by atoms with Crippen molar-refractivity contribution in [1.82, 2.24) is 10.0 Å². The highest BCUT2D eigenvalue weighted by atomic mass is 35.5. The second kappa shape index (κ2) is 8.05. The van der Waals surface area contributed by atoms with Gasteiger partial charge in [0.15, 0.2) is 0 Å². The molecule has 8 nitrogen and oxygen atoms in total. The van der Waals surface area contributed by atoms with Crippen LogP contribution in [0, 0.1) is 6.92 Å². The van der Waals surface area contributed by atoms with Gasteiger partial charge < -0.3 is 0 Å². The highest BCUT2D eigenvalue weighted by molar-refractivity contribution is 6.30. The molecule has 2 aromatic carbocycles. The summed E-state index contributed by atoms with van der Waals surface area (Å²) in [6.07, 6.45) is 0.403. The average molecular weight is 403 g/mol. The number of nitrogens with zero attached hydrogens (tertiary/aromatic N) is 4. The number of rotatable bonds is 4. The van der Waals surface area contributed by atoms with Gasteiger partial charge in [-0.25, -0.2) is 26.5 Å². The molecule has 0 radical (unpaired) electrons. The van der Waals surface area contributed by atoms with Crippen LogP contribution in [0.25, 0.3) is 0 Å². The van der Waals surface area contributed by atoms with Crippen LogP contribution in [0.2, 0.25) is 5.02 Å². The van der Waals surface area contributed by atoms with Crippen LogP contribution in [0.4, 0.5) is 16.2 Å². The summed E-state index contributed by atoms with van der Waals surface area (Å²) in [5, 5.41) is 6.11. The summed E-state index contributed by atoms with van der Waals surface area (Å²) in [6.45, 7) is 2.76. The largest absolute Gasteiger partial charge is 0.352 e. The van der Waals surface area contributed by atoms with E-state index in [1.807, 2.05) is 30.1 Å². The Kier molecular flexibility index (Phi) is 5.73. The molecule has 9 heteroatoms. The molecule has 0 unspecified atom stereocenters. The van der Waals surface area contributed by atoms with Crippen LogP contribution in [-0.4, -0.2) is 35.5 Å². The fourth-order valence-corrected chi connectivity index (χ4v) is 3.31. The summed E-state index contributed by atoms with van der Waals surface area (Å²) in [5.74, 6) is 11.5. The van der Waals surface area contributed by atoms with E-state index in [-0.39, 0.29) is 12.5 Å². The highest BCUT2D eigenvalue weighted by Crippen LogP contribution is 2.30. The third kappa shape index (κ3) is 3.89. The second-order valence-electron chi connectivity index (χ2n) is 6.64. The number of nitrogens with two attached hydrogens (primary N) is 2. The maximum Gasteiger partial charge on any atom is 0.352 e. The van der Waals surface area contributed by atoms with Crippen molar-refractivity contribution >= 4 is 34.9 Å². The third-order valence-electron chi connectivity index (χ3n) is 4.70. The standard InChI is InChI=1S/C19H23ClN6O2/c1-13-4-3-5-17(26(22)19(28)23(2)21)16(13)12-25-18(27)10-11-24(25)15-8-6-14(20)7-9-15/h3-9H,10-12,21-22H2,1-2H3. The average Bonchev–Trinajstić information content (AvgIpc) is 3.03. The number of anilines is 2. The quantitative estimate of drug-likeness (QED) is 0.464. The summed E-state index contributed by atoms with van der Waals surface area (Å²) in [7, 11) is 1.42. The Morgan fingerprint density at radius 1 is 1.18 bits per heavy atom. The number of hydrogen-bond donors (Lipinski definition) is 2. The number of amides is 3. The maximum atomic E-state index is 12.6. The minimum absolute atomic E-state index is 0.00464. The van der Waals surface area contributed by atoms with E-state index in [0.29, 0.717) is 23.7 Å². The van der Waals surface area contributed by atoms with Crippen molar-refractivity contribution in [3.8, 4) is 0 Å². The fourth-order valence-electron chi connectivity index (χ4n) is 3.18. The molecular weight excluding hydrogens is 380 g/mol. The molecule has 1 fully saturated rings. The normalized spacial score (nSPS) is 13.8. The van der Waals surface area contributed by atoms with Crippen LogP contribution in [0.15, 0.2) is 42.5 Å². The Bertz CT molecular complexity index is 886. The molecule has 1 heterocycles. The van der Waals surface area contributed by atoms with E-state index in [0.717, 1.165) is 26.8 Å². The van der Waals surface area contributed by atoms with Crippen LogP contribution < -0.4 is 21.7 Å². The monoisotopic (exact) mass is 402 g/mol. The van der Waals surface area contributed by atoms with Gasteiger partial charge in [0, 0.05) is 30.6 Å². The van der Waals surface area contributed by atoms with E-state index in [1.54, 1.807) is 29.3 Å². The molecular formula is C19H23ClN6O2. The lowest BCUT2D eigenvalue weighted by molar-refractivity contribution is -0.128. The molecule has 0 aromatic heterocycles. The molecule has 0 bridgehead atoms. The summed E-state index contributed by atoms with van der Waals surface area (Å²) in [5.41, 5.74) is 3.05. The van der Waals surface area contributed by atoms with E-state index in [4.69, 9.17) is 23.3 Å². The Morgan fingerprint density at radius 3 is 2.50 bits per heavy atom. The molecule has 1 saturated heterocycles. The van der Waals surface area contributed by atoms with E-state index in [9.17, 15) is 9.59 Å². The number of benzene rings is 2. The molecule has 1 aliphatic heterocycles. The first-order valence-electron chi connectivity index (χ1n) is 8.78. The van der Waals surface area contributed by atoms with Crippen molar-refractivity contribution in [2.45, 2.75) is 19.9 Å². The van der Waals surface area contributed by atoms with E-state index in [2.05, 4.69) is 0 Å². The first kappa shape index (κ1) is 19.9. The molecule has 3 amide bonds. The van der Waals surface area contributed by atoms with Gasteiger partial charge in [-0.3, -0.25) is 14.8 Å². The minimum Gasteiger partial charge on any atom is -0.282 e. The van der Waals surface area contributed by atoms with Crippen LogP contribution in [0.3, 0.4) is 0 Å². The van der Waals surface area contributed by atoms with Crippen molar-refractivity contribution in [2.75, 3.05) is 23.6 Å². The number of carbonyl (C=O) groups is 2. The second-order valence-corrected chi connectivity index (χ2v) is 7.07. The highest BCUT2D eigenvalue weighted by Gasteiger charge is 2.31. The van der Waals surface area contributed by atoms with Gasteiger partial charge >= 0.3 is 6.03 Å². The number of aryl methyl sites for hydroxylation is 1. The van der Waals surface area contributed by atoms with Gasteiger partial charge in [0.1, 0.15) is 0 Å². The molecule has 0 saturated carbocycles. The Morgan fingerprint density at radius 2 is 1.86 bits per heavy atom. The number of urea groups is 1. The van der Waals surface area contributed by atoms with E-state index in [1.165, 1.54) is 7.05 Å². The van der Waals surface area contributed by atoms with Gasteiger partial charge in [-0.15, -0.1) is 0 Å². The fraction of sp³-hybridized carbons (Fsp3) is 0.263. The molecule has 0 spiro atoms. The van der Waals surface area contributed by atoms with E-state index >= 15 is 0 Å². The van der Waals surface area contributed by atoms with Crippen LogP contribution in [0.5, 0.6) is 0 Å².